The highest BCUT2D eigenvalue weighted by atomic mass is 16.6. The molecule has 0 saturated carbocycles. The minimum Gasteiger partial charge on any atom is -0.772 e. The Kier molecular flexibility index (Phi) is 6.28. The Labute approximate surface area is 225 Å². The number of hydrogen-bond acceptors (Lipinski definition) is 7. The summed E-state index contributed by atoms with van der Waals surface area (Å²) in [5.74, 6) is 2.49. The fraction of sp³-hybridized carbons (Fsp3) is 0.207. The normalized spacial score (nSPS) is 12.2. The standard InChI is InChI=1S/C29H26N7O3/c1-18(2)28(30)39-32-14-23-25-15-35-27(16-38-26-10-6-8-19-7-4-5-9-21(19)26)33-34-29(35)22-13-20(37-3)11-12-24(22)36(25)17-31-23/h4-14,17-18H,15-16H2,1-3H3/q-1/b32-14+. The van der Waals surface area contributed by atoms with Gasteiger partial charge in [-0.2, -0.15) is 0 Å². The van der Waals surface area contributed by atoms with E-state index in [1.807, 2.05) is 71.5 Å². The predicted octanol–water partition coefficient (Wildman–Crippen LogP) is 5.21. The van der Waals surface area contributed by atoms with Crippen LogP contribution in [0.25, 0.3) is 33.3 Å². The third kappa shape index (κ3) is 4.50. The molecule has 0 N–H and O–H groups in total. The van der Waals surface area contributed by atoms with E-state index in [0.717, 1.165) is 33.5 Å². The number of imidazole rings is 1. The zero-order chi connectivity index (χ0) is 26.9. The van der Waals surface area contributed by atoms with Gasteiger partial charge < -0.3 is 24.3 Å². The van der Waals surface area contributed by atoms with Gasteiger partial charge in [-0.05, 0) is 35.6 Å². The Bertz CT molecular complexity index is 1710. The molecule has 2 aromatic heterocycles. The van der Waals surface area contributed by atoms with Gasteiger partial charge in [0, 0.05) is 16.8 Å². The first-order valence-corrected chi connectivity index (χ1v) is 12.6. The lowest BCUT2D eigenvalue weighted by molar-refractivity contribution is 0.293. The lowest BCUT2D eigenvalue weighted by Crippen LogP contribution is -2.11. The van der Waals surface area contributed by atoms with Crippen molar-refractivity contribution in [1.82, 2.24) is 24.3 Å². The number of aromatic nitrogens is 5. The summed E-state index contributed by atoms with van der Waals surface area (Å²) in [4.78, 5) is 9.69. The highest BCUT2D eigenvalue weighted by Crippen LogP contribution is 2.35. The number of ether oxygens (including phenoxy) is 2. The van der Waals surface area contributed by atoms with Crippen molar-refractivity contribution in [1.29, 1.82) is 0 Å². The molecule has 0 saturated heterocycles. The summed E-state index contributed by atoms with van der Waals surface area (Å²) in [5, 5.41) is 25.0. The molecule has 1 aliphatic heterocycles. The molecule has 0 bridgehead atoms. The van der Waals surface area contributed by atoms with Crippen LogP contribution >= 0.6 is 0 Å². The summed E-state index contributed by atoms with van der Waals surface area (Å²) in [6.07, 6.45) is 3.23. The van der Waals surface area contributed by atoms with Gasteiger partial charge in [0.15, 0.2) is 11.6 Å². The summed E-state index contributed by atoms with van der Waals surface area (Å²) in [5.41, 5.74) is 3.17. The summed E-state index contributed by atoms with van der Waals surface area (Å²) in [7, 11) is 1.63. The molecule has 5 aromatic rings. The van der Waals surface area contributed by atoms with Crippen LogP contribution in [-0.2, 0) is 18.0 Å². The van der Waals surface area contributed by atoms with Crippen LogP contribution in [0.3, 0.4) is 0 Å². The van der Waals surface area contributed by atoms with Crippen molar-refractivity contribution in [3.8, 4) is 28.6 Å². The van der Waals surface area contributed by atoms with E-state index in [0.29, 0.717) is 29.6 Å². The maximum absolute atomic E-state index is 9.88. The molecule has 39 heavy (non-hydrogen) atoms. The molecule has 196 valence electrons. The molecular formula is C29H26N7O3-. The number of rotatable bonds is 7. The molecule has 0 spiro atoms. The highest BCUT2D eigenvalue weighted by molar-refractivity contribution is 5.88. The first kappa shape index (κ1) is 24.4. The van der Waals surface area contributed by atoms with E-state index in [9.17, 15) is 5.41 Å². The average Bonchev–Trinajstić information content (AvgIpc) is 3.51. The van der Waals surface area contributed by atoms with Crippen LogP contribution in [0.2, 0.25) is 0 Å². The maximum atomic E-state index is 9.88. The zero-order valence-electron chi connectivity index (χ0n) is 21.8. The van der Waals surface area contributed by atoms with E-state index in [1.165, 1.54) is 6.21 Å². The van der Waals surface area contributed by atoms with Crippen molar-refractivity contribution < 1.29 is 14.3 Å². The smallest absolute Gasteiger partial charge is 0.171 e. The van der Waals surface area contributed by atoms with E-state index in [4.69, 9.17) is 14.3 Å². The Hall–Kier alpha value is -4.99. The summed E-state index contributed by atoms with van der Waals surface area (Å²) >= 11 is 0. The Morgan fingerprint density at radius 1 is 1.10 bits per heavy atom. The number of methoxy groups -OCH3 is 1. The minimum atomic E-state index is -0.174. The van der Waals surface area contributed by atoms with Crippen LogP contribution in [0.1, 0.15) is 31.1 Å². The minimum absolute atomic E-state index is 0.164. The number of nitrogens with zero attached hydrogens (tertiary/aromatic N) is 7. The highest BCUT2D eigenvalue weighted by Gasteiger charge is 2.26. The van der Waals surface area contributed by atoms with Gasteiger partial charge in [-0.3, -0.25) is 4.57 Å². The van der Waals surface area contributed by atoms with Crippen LogP contribution in [0, 0.1) is 5.92 Å². The van der Waals surface area contributed by atoms with E-state index >= 15 is 0 Å². The Morgan fingerprint density at radius 3 is 2.79 bits per heavy atom. The van der Waals surface area contributed by atoms with Crippen LogP contribution in [0.15, 0.2) is 72.1 Å². The van der Waals surface area contributed by atoms with E-state index in [1.54, 1.807) is 13.4 Å². The SMILES string of the molecule is COc1ccc2c(c1)-c1nnc(COc3cccc4ccccc34)n1Cc1c(/C=N/OC(=[N-])C(C)C)ncn1-2. The quantitative estimate of drug-likeness (QED) is 0.162. The third-order valence-corrected chi connectivity index (χ3v) is 6.66. The lowest BCUT2D eigenvalue weighted by Gasteiger charge is -2.12. The van der Waals surface area contributed by atoms with E-state index < -0.39 is 0 Å². The van der Waals surface area contributed by atoms with E-state index in [-0.39, 0.29) is 18.4 Å². The molecule has 0 unspecified atom stereocenters. The first-order chi connectivity index (χ1) is 19.0. The fourth-order valence-electron chi connectivity index (χ4n) is 4.55. The molecule has 1 aliphatic rings. The molecule has 10 heteroatoms. The van der Waals surface area contributed by atoms with Gasteiger partial charge in [0.05, 0.1) is 31.3 Å². The lowest BCUT2D eigenvalue weighted by atomic mass is 10.1. The van der Waals surface area contributed by atoms with Crippen LogP contribution in [0.5, 0.6) is 11.5 Å². The van der Waals surface area contributed by atoms with E-state index in [2.05, 4.69) is 32.5 Å². The summed E-state index contributed by atoms with van der Waals surface area (Å²) in [6.45, 7) is 4.26. The number of fused-ring (bicyclic) bond motifs is 6. The molecule has 0 radical (unpaired) electrons. The molecule has 0 atom stereocenters. The van der Waals surface area contributed by atoms with Crippen molar-refractivity contribution in [2.45, 2.75) is 27.0 Å². The second-order valence-corrected chi connectivity index (χ2v) is 9.44. The largest absolute Gasteiger partial charge is 0.772 e. The maximum Gasteiger partial charge on any atom is 0.171 e. The fourth-order valence-corrected chi connectivity index (χ4v) is 4.55. The first-order valence-electron chi connectivity index (χ1n) is 12.6. The molecule has 6 rings (SSSR count). The topological polar surface area (TPSA) is 111 Å². The second kappa shape index (κ2) is 10.1. The molecule has 3 heterocycles. The van der Waals surface area contributed by atoms with Gasteiger partial charge in [-0.25, -0.2) is 4.98 Å². The summed E-state index contributed by atoms with van der Waals surface area (Å²) in [6, 6.07) is 19.9. The van der Waals surface area contributed by atoms with Crippen LogP contribution < -0.4 is 9.47 Å². The van der Waals surface area contributed by atoms with Crippen molar-refractivity contribution in [3.63, 3.8) is 0 Å². The molecule has 0 aliphatic carbocycles. The molecule has 10 nitrogen and oxygen atoms in total. The van der Waals surface area contributed by atoms with Gasteiger partial charge in [0.2, 0.25) is 0 Å². The second-order valence-electron chi connectivity index (χ2n) is 9.44. The van der Waals surface area contributed by atoms with Gasteiger partial charge in [0.25, 0.3) is 0 Å². The number of oxime groups is 1. The van der Waals surface area contributed by atoms with Crippen LogP contribution in [-0.4, -0.2) is 43.5 Å². The number of hydrogen-bond donors (Lipinski definition) is 0. The van der Waals surface area contributed by atoms with Gasteiger partial charge in [0.1, 0.15) is 30.1 Å². The number of benzene rings is 3. The average molecular weight is 521 g/mol. The van der Waals surface area contributed by atoms with Gasteiger partial charge >= 0.3 is 0 Å². The van der Waals surface area contributed by atoms with Crippen molar-refractivity contribution >= 4 is 22.9 Å². The summed E-state index contributed by atoms with van der Waals surface area (Å²) < 4.78 is 15.8. The Morgan fingerprint density at radius 2 is 1.95 bits per heavy atom. The van der Waals surface area contributed by atoms with Gasteiger partial charge in [-0.1, -0.05) is 55.4 Å². The van der Waals surface area contributed by atoms with Crippen molar-refractivity contribution in [2.24, 2.45) is 11.1 Å². The van der Waals surface area contributed by atoms with Crippen LogP contribution in [0.4, 0.5) is 0 Å². The molecule has 0 fully saturated rings. The van der Waals surface area contributed by atoms with Gasteiger partial charge in [-0.15, -0.1) is 10.2 Å². The zero-order valence-corrected chi connectivity index (χ0v) is 21.8. The Balaban J connectivity index is 1.39. The molecule has 0 amide bonds. The van der Waals surface area contributed by atoms with Crippen molar-refractivity contribution in [3.05, 3.63) is 89.6 Å². The monoisotopic (exact) mass is 520 g/mol. The van der Waals surface area contributed by atoms with Crippen molar-refractivity contribution in [2.75, 3.05) is 7.11 Å². The third-order valence-electron chi connectivity index (χ3n) is 6.66. The molecular weight excluding hydrogens is 494 g/mol. The molecule has 3 aromatic carbocycles. The predicted molar refractivity (Wildman–Crippen MR) is 148 cm³/mol.